The van der Waals surface area contributed by atoms with E-state index in [0.29, 0.717) is 18.8 Å². The second-order valence-electron chi connectivity index (χ2n) is 4.43. The molecule has 0 saturated heterocycles. The van der Waals surface area contributed by atoms with Gasteiger partial charge in [-0.1, -0.05) is 29.8 Å². The zero-order valence-corrected chi connectivity index (χ0v) is 12.5. The first-order valence-electron chi connectivity index (χ1n) is 6.28. The third-order valence-corrected chi connectivity index (χ3v) is 3.89. The van der Waals surface area contributed by atoms with Crippen LogP contribution in [0, 0.1) is 13.8 Å². The molecule has 0 radical (unpaired) electrons. The molecule has 0 heterocycles. The molecule has 0 atom stereocenters. The van der Waals surface area contributed by atoms with Crippen molar-refractivity contribution < 1.29 is 4.79 Å². The molecule has 1 amide bonds. The number of aryl methyl sites for hydroxylation is 2. The fourth-order valence-electron chi connectivity index (χ4n) is 1.78. The number of hydrogen-bond acceptors (Lipinski definition) is 2. The van der Waals surface area contributed by atoms with Crippen LogP contribution in [-0.2, 0) is 4.79 Å². The van der Waals surface area contributed by atoms with Gasteiger partial charge >= 0.3 is 0 Å². The summed E-state index contributed by atoms with van der Waals surface area (Å²) in [4.78, 5) is 15.0. The highest BCUT2D eigenvalue weighted by Crippen LogP contribution is 2.23. The summed E-state index contributed by atoms with van der Waals surface area (Å²) in [5.41, 5.74) is 2.46. The fraction of sp³-hybridized carbons (Fsp3) is 0.312. The zero-order valence-electron chi connectivity index (χ0n) is 11.7. The molecule has 1 aromatic carbocycles. The molecule has 0 N–H and O–H groups in total. The molecule has 1 aromatic rings. The zero-order chi connectivity index (χ0) is 14.3. The largest absolute Gasteiger partial charge is 0.335 e. The second-order valence-corrected chi connectivity index (χ2v) is 5.45. The van der Waals surface area contributed by atoms with Crippen molar-refractivity contribution in [1.82, 2.24) is 4.90 Å². The minimum atomic E-state index is 0.116. The van der Waals surface area contributed by atoms with Crippen LogP contribution in [0.4, 0.5) is 0 Å². The maximum absolute atomic E-state index is 12.1. The Morgan fingerprint density at radius 3 is 2.42 bits per heavy atom. The molecular weight excluding hydrogens is 254 g/mol. The maximum Gasteiger partial charge on any atom is 0.233 e. The Morgan fingerprint density at radius 2 is 1.89 bits per heavy atom. The second kappa shape index (κ2) is 7.85. The van der Waals surface area contributed by atoms with Crippen LogP contribution in [0.15, 0.2) is 48.4 Å². The van der Waals surface area contributed by atoms with Crippen molar-refractivity contribution in [2.45, 2.75) is 18.7 Å². The molecule has 0 saturated carbocycles. The van der Waals surface area contributed by atoms with Crippen molar-refractivity contribution in [2.24, 2.45) is 0 Å². The fourth-order valence-corrected chi connectivity index (χ4v) is 2.69. The Kier molecular flexibility index (Phi) is 6.43. The van der Waals surface area contributed by atoms with Gasteiger partial charge in [-0.05, 0) is 25.5 Å². The summed E-state index contributed by atoms with van der Waals surface area (Å²) < 4.78 is 0. The first-order chi connectivity index (χ1) is 9.08. The Labute approximate surface area is 120 Å². The van der Waals surface area contributed by atoms with Gasteiger partial charge in [-0.2, -0.15) is 0 Å². The van der Waals surface area contributed by atoms with E-state index < -0.39 is 0 Å². The van der Waals surface area contributed by atoms with Gasteiger partial charge in [0.25, 0.3) is 0 Å². The summed E-state index contributed by atoms with van der Waals surface area (Å²) in [7, 11) is 0. The molecule has 2 nitrogen and oxygen atoms in total. The highest BCUT2D eigenvalue weighted by Gasteiger charge is 2.11. The van der Waals surface area contributed by atoms with E-state index in [1.165, 1.54) is 11.1 Å². The van der Waals surface area contributed by atoms with Gasteiger partial charge < -0.3 is 4.90 Å². The average Bonchev–Trinajstić information content (AvgIpc) is 2.37. The van der Waals surface area contributed by atoms with E-state index in [4.69, 9.17) is 0 Å². The third kappa shape index (κ3) is 4.95. The number of nitrogens with zero attached hydrogens (tertiary/aromatic N) is 1. The Bertz CT molecular complexity index is 458. The molecule has 0 unspecified atom stereocenters. The van der Waals surface area contributed by atoms with E-state index in [-0.39, 0.29) is 5.91 Å². The highest BCUT2D eigenvalue weighted by molar-refractivity contribution is 8.00. The van der Waals surface area contributed by atoms with Gasteiger partial charge in [0.05, 0.1) is 5.75 Å². The van der Waals surface area contributed by atoms with Crippen molar-refractivity contribution in [2.75, 3.05) is 18.8 Å². The van der Waals surface area contributed by atoms with Gasteiger partial charge in [0.2, 0.25) is 5.91 Å². The summed E-state index contributed by atoms with van der Waals surface area (Å²) >= 11 is 1.58. The van der Waals surface area contributed by atoms with Gasteiger partial charge in [-0.15, -0.1) is 24.9 Å². The van der Waals surface area contributed by atoms with Crippen molar-refractivity contribution in [3.05, 3.63) is 54.6 Å². The predicted molar refractivity (Wildman–Crippen MR) is 83.6 cm³/mol. The summed E-state index contributed by atoms with van der Waals surface area (Å²) in [6.07, 6.45) is 3.48. The lowest BCUT2D eigenvalue weighted by Crippen LogP contribution is -2.32. The molecule has 1 rings (SSSR count). The molecule has 0 aliphatic rings. The molecule has 0 spiro atoms. The highest BCUT2D eigenvalue weighted by atomic mass is 32.2. The Morgan fingerprint density at radius 1 is 1.26 bits per heavy atom. The molecule has 19 heavy (non-hydrogen) atoms. The number of thioether (sulfide) groups is 1. The molecule has 0 bridgehead atoms. The van der Waals surface area contributed by atoms with Gasteiger partial charge in [0.15, 0.2) is 0 Å². The molecule has 3 heteroatoms. The normalized spacial score (nSPS) is 10.0. The molecule has 0 aliphatic carbocycles. The number of rotatable bonds is 7. The standard InChI is InChI=1S/C16H21NOS/c1-5-9-17(10-6-2)16(18)12-19-15-8-7-13(3)11-14(15)4/h5-8,11H,1-2,9-10,12H2,3-4H3. The minimum Gasteiger partial charge on any atom is -0.335 e. The molecule has 0 aliphatic heterocycles. The SMILES string of the molecule is C=CCN(CC=C)C(=O)CSc1ccc(C)cc1C. The summed E-state index contributed by atoms with van der Waals surface area (Å²) in [5, 5.41) is 0. The van der Waals surface area contributed by atoms with E-state index in [2.05, 4.69) is 45.2 Å². The molecule has 0 fully saturated rings. The maximum atomic E-state index is 12.1. The van der Waals surface area contributed by atoms with Crippen molar-refractivity contribution in [1.29, 1.82) is 0 Å². The minimum absolute atomic E-state index is 0.116. The predicted octanol–water partition coefficient (Wildman–Crippen LogP) is 3.60. The number of amides is 1. The van der Waals surface area contributed by atoms with Gasteiger partial charge in [-0.25, -0.2) is 0 Å². The van der Waals surface area contributed by atoms with Crippen LogP contribution in [0.3, 0.4) is 0 Å². The number of carbonyl (C=O) groups excluding carboxylic acids is 1. The van der Waals surface area contributed by atoms with E-state index in [9.17, 15) is 4.79 Å². The average molecular weight is 275 g/mol. The summed E-state index contributed by atoms with van der Waals surface area (Å²) in [6.45, 7) is 12.6. The lowest BCUT2D eigenvalue weighted by Gasteiger charge is -2.19. The Balaban J connectivity index is 2.61. The van der Waals surface area contributed by atoms with Crippen molar-refractivity contribution in [3.63, 3.8) is 0 Å². The lowest BCUT2D eigenvalue weighted by atomic mass is 10.2. The van der Waals surface area contributed by atoms with Crippen LogP contribution in [-0.4, -0.2) is 29.6 Å². The van der Waals surface area contributed by atoms with Crippen LogP contribution < -0.4 is 0 Å². The smallest absolute Gasteiger partial charge is 0.233 e. The quantitative estimate of drug-likeness (QED) is 0.560. The van der Waals surface area contributed by atoms with Crippen LogP contribution in [0.5, 0.6) is 0 Å². The van der Waals surface area contributed by atoms with Gasteiger partial charge in [0.1, 0.15) is 0 Å². The monoisotopic (exact) mass is 275 g/mol. The number of carbonyl (C=O) groups is 1. The first-order valence-corrected chi connectivity index (χ1v) is 7.26. The van der Waals surface area contributed by atoms with Gasteiger partial charge in [0, 0.05) is 18.0 Å². The molecule has 102 valence electrons. The Hall–Kier alpha value is -1.48. The van der Waals surface area contributed by atoms with E-state index in [1.807, 2.05) is 0 Å². The van der Waals surface area contributed by atoms with Crippen LogP contribution >= 0.6 is 11.8 Å². The molecular formula is C16H21NOS. The third-order valence-electron chi connectivity index (χ3n) is 2.73. The van der Waals surface area contributed by atoms with Crippen LogP contribution in [0.1, 0.15) is 11.1 Å². The summed E-state index contributed by atoms with van der Waals surface area (Å²) in [6, 6.07) is 6.29. The van der Waals surface area contributed by atoms with Crippen molar-refractivity contribution in [3.8, 4) is 0 Å². The van der Waals surface area contributed by atoms with E-state index >= 15 is 0 Å². The number of hydrogen-bond donors (Lipinski definition) is 0. The van der Waals surface area contributed by atoms with E-state index in [0.717, 1.165) is 4.90 Å². The van der Waals surface area contributed by atoms with Crippen LogP contribution in [0.25, 0.3) is 0 Å². The topological polar surface area (TPSA) is 20.3 Å². The number of benzene rings is 1. The lowest BCUT2D eigenvalue weighted by molar-refractivity contribution is -0.127. The first kappa shape index (κ1) is 15.6. The molecule has 0 aromatic heterocycles. The van der Waals surface area contributed by atoms with Gasteiger partial charge in [-0.3, -0.25) is 4.79 Å². The van der Waals surface area contributed by atoms with Crippen LogP contribution in [0.2, 0.25) is 0 Å². The summed E-state index contributed by atoms with van der Waals surface area (Å²) in [5.74, 6) is 0.566. The van der Waals surface area contributed by atoms with E-state index in [1.54, 1.807) is 28.8 Å². The van der Waals surface area contributed by atoms with Crippen molar-refractivity contribution >= 4 is 17.7 Å².